The van der Waals surface area contributed by atoms with E-state index in [1.807, 2.05) is 27.7 Å². The summed E-state index contributed by atoms with van der Waals surface area (Å²) in [6.45, 7) is 9.48. The zero-order chi connectivity index (χ0) is 21.9. The van der Waals surface area contributed by atoms with Gasteiger partial charge in [0.2, 0.25) is 11.8 Å². The van der Waals surface area contributed by atoms with Gasteiger partial charge in [-0.2, -0.15) is 0 Å². The summed E-state index contributed by atoms with van der Waals surface area (Å²) in [4.78, 5) is 26.8. The standard InChI is InChI=1S/C22H30FN5O2/c1-15-12-19(26-28(15)18-7-5-6-17(23)13-18)24-21(30)16-8-10-27(11-9-16)14-20(29)25-22(2,3)4/h5-7,12-13,16H,8-11,14H2,1-4H3,(H,25,29)(H,24,26,30). The quantitative estimate of drug-likeness (QED) is 0.787. The molecule has 0 radical (unpaired) electrons. The number of amides is 2. The highest BCUT2D eigenvalue weighted by atomic mass is 19.1. The van der Waals surface area contributed by atoms with Crippen LogP contribution < -0.4 is 10.6 Å². The number of benzene rings is 1. The van der Waals surface area contributed by atoms with E-state index in [1.165, 1.54) is 12.1 Å². The van der Waals surface area contributed by atoms with E-state index in [-0.39, 0.29) is 29.1 Å². The minimum absolute atomic E-state index is 0.00349. The van der Waals surface area contributed by atoms with Crippen LogP contribution in [0, 0.1) is 18.7 Å². The van der Waals surface area contributed by atoms with Gasteiger partial charge >= 0.3 is 0 Å². The minimum atomic E-state index is -0.337. The normalized spacial score (nSPS) is 15.8. The molecule has 1 aliphatic heterocycles. The third-order valence-corrected chi connectivity index (χ3v) is 5.03. The number of carbonyl (C=O) groups is 2. The first-order valence-corrected chi connectivity index (χ1v) is 10.3. The van der Waals surface area contributed by atoms with E-state index < -0.39 is 0 Å². The van der Waals surface area contributed by atoms with Gasteiger partial charge in [0, 0.05) is 23.2 Å². The highest BCUT2D eigenvalue weighted by Gasteiger charge is 2.27. The molecular weight excluding hydrogens is 385 g/mol. The Balaban J connectivity index is 1.53. The first-order valence-electron chi connectivity index (χ1n) is 10.3. The number of carbonyl (C=O) groups excluding carboxylic acids is 2. The Kier molecular flexibility index (Phi) is 6.55. The summed E-state index contributed by atoms with van der Waals surface area (Å²) in [7, 11) is 0. The zero-order valence-corrected chi connectivity index (χ0v) is 18.0. The Morgan fingerprint density at radius 1 is 1.20 bits per heavy atom. The lowest BCUT2D eigenvalue weighted by molar-refractivity contribution is -0.124. The molecule has 2 aromatic rings. The predicted octanol–water partition coefficient (Wildman–Crippen LogP) is 2.89. The lowest BCUT2D eigenvalue weighted by atomic mass is 9.96. The van der Waals surface area contributed by atoms with Crippen LogP contribution in [-0.4, -0.2) is 51.7 Å². The number of nitrogens with zero attached hydrogens (tertiary/aromatic N) is 3. The molecule has 2 heterocycles. The van der Waals surface area contributed by atoms with E-state index in [0.29, 0.717) is 44.0 Å². The topological polar surface area (TPSA) is 79.3 Å². The summed E-state index contributed by atoms with van der Waals surface area (Å²) < 4.78 is 15.1. The molecule has 1 saturated heterocycles. The lowest BCUT2D eigenvalue weighted by Gasteiger charge is -2.31. The van der Waals surface area contributed by atoms with Crippen molar-refractivity contribution in [3.63, 3.8) is 0 Å². The molecule has 162 valence electrons. The van der Waals surface area contributed by atoms with Gasteiger partial charge in [-0.05, 0) is 71.8 Å². The van der Waals surface area contributed by atoms with Gasteiger partial charge in [0.1, 0.15) is 5.82 Å². The van der Waals surface area contributed by atoms with Gasteiger partial charge in [0.15, 0.2) is 5.82 Å². The van der Waals surface area contributed by atoms with Crippen LogP contribution in [0.1, 0.15) is 39.3 Å². The van der Waals surface area contributed by atoms with Crippen LogP contribution in [-0.2, 0) is 9.59 Å². The Hall–Kier alpha value is -2.74. The molecule has 8 heteroatoms. The van der Waals surface area contributed by atoms with E-state index in [0.717, 1.165) is 5.69 Å². The minimum Gasteiger partial charge on any atom is -0.350 e. The highest BCUT2D eigenvalue weighted by Crippen LogP contribution is 2.21. The van der Waals surface area contributed by atoms with Crippen molar-refractivity contribution in [1.29, 1.82) is 0 Å². The van der Waals surface area contributed by atoms with Crippen molar-refractivity contribution in [3.8, 4) is 5.69 Å². The molecule has 1 fully saturated rings. The van der Waals surface area contributed by atoms with Gasteiger partial charge in [0.25, 0.3) is 0 Å². The average Bonchev–Trinajstić information content (AvgIpc) is 3.00. The van der Waals surface area contributed by atoms with Crippen LogP contribution in [0.4, 0.5) is 10.2 Å². The highest BCUT2D eigenvalue weighted by molar-refractivity contribution is 5.91. The van der Waals surface area contributed by atoms with Crippen molar-refractivity contribution in [2.24, 2.45) is 5.92 Å². The second-order valence-electron chi connectivity index (χ2n) is 8.90. The number of hydrogen-bond donors (Lipinski definition) is 2. The first-order chi connectivity index (χ1) is 14.1. The number of aryl methyl sites for hydroxylation is 1. The fraction of sp³-hybridized carbons (Fsp3) is 0.500. The van der Waals surface area contributed by atoms with Crippen molar-refractivity contribution < 1.29 is 14.0 Å². The van der Waals surface area contributed by atoms with Gasteiger partial charge in [-0.25, -0.2) is 9.07 Å². The number of nitrogens with one attached hydrogen (secondary N) is 2. The monoisotopic (exact) mass is 415 g/mol. The number of aromatic nitrogens is 2. The lowest BCUT2D eigenvalue weighted by Crippen LogP contribution is -2.48. The SMILES string of the molecule is Cc1cc(NC(=O)C2CCN(CC(=O)NC(C)(C)C)CC2)nn1-c1cccc(F)c1. The van der Waals surface area contributed by atoms with Crippen LogP contribution in [0.25, 0.3) is 5.69 Å². The van der Waals surface area contributed by atoms with E-state index in [2.05, 4.69) is 20.6 Å². The largest absolute Gasteiger partial charge is 0.350 e. The molecule has 30 heavy (non-hydrogen) atoms. The summed E-state index contributed by atoms with van der Waals surface area (Å²) in [6, 6.07) is 7.94. The summed E-state index contributed by atoms with van der Waals surface area (Å²) in [6.07, 6.45) is 1.39. The van der Waals surface area contributed by atoms with Crippen molar-refractivity contribution >= 4 is 17.6 Å². The molecule has 0 atom stereocenters. The van der Waals surface area contributed by atoms with E-state index >= 15 is 0 Å². The second kappa shape index (κ2) is 8.95. The number of anilines is 1. The Morgan fingerprint density at radius 3 is 2.53 bits per heavy atom. The van der Waals surface area contributed by atoms with Gasteiger partial charge in [-0.3, -0.25) is 14.5 Å². The average molecular weight is 416 g/mol. The molecule has 0 unspecified atom stereocenters. The smallest absolute Gasteiger partial charge is 0.234 e. The molecule has 0 bridgehead atoms. The number of hydrogen-bond acceptors (Lipinski definition) is 4. The molecule has 0 saturated carbocycles. The second-order valence-corrected chi connectivity index (χ2v) is 8.90. The fourth-order valence-corrected chi connectivity index (χ4v) is 3.65. The predicted molar refractivity (Wildman–Crippen MR) is 114 cm³/mol. The van der Waals surface area contributed by atoms with Gasteiger partial charge in [-0.1, -0.05) is 6.07 Å². The molecule has 2 amide bonds. The number of rotatable bonds is 5. The van der Waals surface area contributed by atoms with Crippen LogP contribution in [0.3, 0.4) is 0 Å². The molecule has 3 rings (SSSR count). The van der Waals surface area contributed by atoms with E-state index in [9.17, 15) is 14.0 Å². The number of likely N-dealkylation sites (tertiary alicyclic amines) is 1. The maximum atomic E-state index is 13.5. The van der Waals surface area contributed by atoms with Crippen molar-refractivity contribution in [2.45, 2.75) is 46.1 Å². The molecule has 0 aliphatic carbocycles. The molecule has 2 N–H and O–H groups in total. The maximum absolute atomic E-state index is 13.5. The third kappa shape index (κ3) is 5.89. The van der Waals surface area contributed by atoms with Crippen molar-refractivity contribution in [3.05, 3.63) is 41.8 Å². The molecular formula is C22H30FN5O2. The fourth-order valence-electron chi connectivity index (χ4n) is 3.65. The van der Waals surface area contributed by atoms with E-state index in [1.54, 1.807) is 22.9 Å². The first kappa shape index (κ1) is 22.0. The van der Waals surface area contributed by atoms with Crippen LogP contribution in [0.5, 0.6) is 0 Å². The molecule has 1 aromatic carbocycles. The summed E-state index contributed by atoms with van der Waals surface area (Å²) in [5.74, 6) is -0.0716. The van der Waals surface area contributed by atoms with Gasteiger partial charge < -0.3 is 10.6 Å². The van der Waals surface area contributed by atoms with Crippen molar-refractivity contribution in [1.82, 2.24) is 20.0 Å². The van der Waals surface area contributed by atoms with Gasteiger partial charge in [-0.15, -0.1) is 5.10 Å². The van der Waals surface area contributed by atoms with Crippen molar-refractivity contribution in [2.75, 3.05) is 25.0 Å². The summed E-state index contributed by atoms with van der Waals surface area (Å²) >= 11 is 0. The molecule has 1 aromatic heterocycles. The van der Waals surface area contributed by atoms with Crippen LogP contribution >= 0.6 is 0 Å². The summed E-state index contributed by atoms with van der Waals surface area (Å²) in [5, 5.41) is 10.2. The van der Waals surface area contributed by atoms with Crippen LogP contribution in [0.2, 0.25) is 0 Å². The Bertz CT molecular complexity index is 910. The Labute approximate surface area is 176 Å². The third-order valence-electron chi connectivity index (χ3n) is 5.03. The Morgan fingerprint density at radius 2 is 1.90 bits per heavy atom. The number of halogens is 1. The molecule has 0 spiro atoms. The van der Waals surface area contributed by atoms with Gasteiger partial charge in [0.05, 0.1) is 12.2 Å². The zero-order valence-electron chi connectivity index (χ0n) is 18.0. The van der Waals surface area contributed by atoms with E-state index in [4.69, 9.17) is 0 Å². The van der Waals surface area contributed by atoms with Crippen LogP contribution in [0.15, 0.2) is 30.3 Å². The summed E-state index contributed by atoms with van der Waals surface area (Å²) in [5.41, 5.74) is 1.16. The molecule has 1 aliphatic rings. The maximum Gasteiger partial charge on any atom is 0.234 e. The molecule has 7 nitrogen and oxygen atoms in total. The number of piperidine rings is 1.